The largest absolute Gasteiger partial charge is 0.346 e. The Bertz CT molecular complexity index is 388. The number of carbonyl (C=O) groups is 1. The molecule has 0 saturated heterocycles. The van der Waals surface area contributed by atoms with Crippen LogP contribution >= 0.6 is 0 Å². The van der Waals surface area contributed by atoms with Gasteiger partial charge in [0.05, 0.1) is 11.6 Å². The first-order valence-electron chi connectivity index (χ1n) is 5.16. The van der Waals surface area contributed by atoms with E-state index in [2.05, 4.69) is 5.32 Å². The number of amides is 1. The first kappa shape index (κ1) is 12.6. The molecule has 0 spiro atoms. The van der Waals surface area contributed by atoms with Gasteiger partial charge in [0.2, 0.25) is 5.91 Å². The molecule has 3 nitrogen and oxygen atoms in total. The minimum atomic E-state index is -0.632. The highest BCUT2D eigenvalue weighted by Gasteiger charge is 2.24. The molecule has 1 amide bonds. The van der Waals surface area contributed by atoms with E-state index in [0.29, 0.717) is 5.56 Å². The van der Waals surface area contributed by atoms with E-state index in [-0.39, 0.29) is 11.7 Å². The molecular formula is C12H17FN2O. The first-order chi connectivity index (χ1) is 7.33. The van der Waals surface area contributed by atoms with Crippen molar-refractivity contribution in [1.82, 2.24) is 5.32 Å². The van der Waals surface area contributed by atoms with Gasteiger partial charge in [-0.15, -0.1) is 0 Å². The summed E-state index contributed by atoms with van der Waals surface area (Å²) in [5.41, 5.74) is 5.54. The molecule has 4 heteroatoms. The fraction of sp³-hybridized carbons (Fsp3) is 0.417. The zero-order chi connectivity index (χ0) is 12.3. The maximum atomic E-state index is 13.1. The van der Waals surface area contributed by atoms with Crippen molar-refractivity contribution >= 4 is 5.91 Å². The minimum Gasteiger partial charge on any atom is -0.346 e. The highest BCUT2D eigenvalue weighted by atomic mass is 19.1. The van der Waals surface area contributed by atoms with Gasteiger partial charge in [-0.2, -0.15) is 0 Å². The van der Waals surface area contributed by atoms with Crippen LogP contribution in [-0.4, -0.2) is 11.9 Å². The molecule has 0 fully saturated rings. The number of nitrogens with two attached hydrogens (primary N) is 1. The second kappa shape index (κ2) is 4.61. The van der Waals surface area contributed by atoms with Crippen molar-refractivity contribution in [2.75, 3.05) is 0 Å². The first-order valence-corrected chi connectivity index (χ1v) is 5.16. The van der Waals surface area contributed by atoms with Crippen LogP contribution in [0.15, 0.2) is 24.3 Å². The third kappa shape index (κ3) is 3.03. The predicted octanol–water partition coefficient (Wildman–Crippen LogP) is 1.52. The summed E-state index contributed by atoms with van der Waals surface area (Å²) in [5, 5.41) is 2.77. The van der Waals surface area contributed by atoms with Crippen LogP contribution < -0.4 is 11.1 Å². The third-order valence-electron chi connectivity index (χ3n) is 2.40. The molecule has 0 aliphatic carbocycles. The smallest absolute Gasteiger partial charge is 0.237 e. The van der Waals surface area contributed by atoms with Gasteiger partial charge in [0.1, 0.15) is 5.82 Å². The van der Waals surface area contributed by atoms with E-state index in [1.807, 2.05) is 13.8 Å². The molecule has 3 N–H and O–H groups in total. The van der Waals surface area contributed by atoms with Gasteiger partial charge in [-0.1, -0.05) is 12.1 Å². The summed E-state index contributed by atoms with van der Waals surface area (Å²) in [4.78, 5) is 11.5. The lowest BCUT2D eigenvalue weighted by molar-refractivity contribution is -0.123. The normalized spacial score (nSPS) is 13.3. The van der Waals surface area contributed by atoms with Crippen LogP contribution in [0.25, 0.3) is 0 Å². The number of hydrogen-bond donors (Lipinski definition) is 2. The van der Waals surface area contributed by atoms with Crippen LogP contribution in [-0.2, 0) is 10.3 Å². The summed E-state index contributed by atoms with van der Waals surface area (Å²) >= 11 is 0. The molecule has 0 aromatic heterocycles. The fourth-order valence-electron chi connectivity index (χ4n) is 1.37. The molecule has 1 aromatic rings. The summed E-state index contributed by atoms with van der Waals surface area (Å²) in [7, 11) is 0. The van der Waals surface area contributed by atoms with E-state index in [9.17, 15) is 9.18 Å². The Morgan fingerprint density at radius 1 is 1.50 bits per heavy atom. The Hall–Kier alpha value is -1.42. The van der Waals surface area contributed by atoms with E-state index in [4.69, 9.17) is 5.73 Å². The Morgan fingerprint density at radius 3 is 2.62 bits per heavy atom. The molecule has 16 heavy (non-hydrogen) atoms. The van der Waals surface area contributed by atoms with Crippen LogP contribution in [0.5, 0.6) is 0 Å². The molecule has 1 atom stereocenters. The molecule has 88 valence electrons. The predicted molar refractivity (Wildman–Crippen MR) is 61.2 cm³/mol. The van der Waals surface area contributed by atoms with Crippen LogP contribution in [0.3, 0.4) is 0 Å². The monoisotopic (exact) mass is 224 g/mol. The fourth-order valence-corrected chi connectivity index (χ4v) is 1.37. The van der Waals surface area contributed by atoms with E-state index in [0.717, 1.165) is 0 Å². The Kier molecular flexibility index (Phi) is 3.65. The van der Waals surface area contributed by atoms with Gasteiger partial charge in [-0.3, -0.25) is 4.79 Å². The lowest BCUT2D eigenvalue weighted by Gasteiger charge is -2.27. The Balaban J connectivity index is 2.89. The molecule has 0 aliphatic rings. The van der Waals surface area contributed by atoms with Gasteiger partial charge >= 0.3 is 0 Å². The number of rotatable bonds is 3. The molecule has 1 rings (SSSR count). The number of hydrogen-bond acceptors (Lipinski definition) is 2. The second-order valence-electron chi connectivity index (χ2n) is 4.41. The standard InChI is InChI=1S/C12H17FN2O/c1-8(14)11(16)15-12(2,3)9-5-4-6-10(13)7-9/h4-8H,14H2,1-3H3,(H,15,16). The minimum absolute atomic E-state index is 0.255. The summed E-state index contributed by atoms with van der Waals surface area (Å²) in [6.07, 6.45) is 0. The van der Waals surface area contributed by atoms with Gasteiger partial charge < -0.3 is 11.1 Å². The molecule has 0 radical (unpaired) electrons. The van der Waals surface area contributed by atoms with Gasteiger partial charge in [-0.25, -0.2) is 4.39 Å². The van der Waals surface area contributed by atoms with Gasteiger partial charge in [0.15, 0.2) is 0 Å². The van der Waals surface area contributed by atoms with Gasteiger partial charge in [-0.05, 0) is 38.5 Å². The lowest BCUT2D eigenvalue weighted by Crippen LogP contribution is -2.47. The average Bonchev–Trinajstić information content (AvgIpc) is 2.17. The lowest BCUT2D eigenvalue weighted by atomic mass is 9.94. The van der Waals surface area contributed by atoms with Crippen molar-refractivity contribution < 1.29 is 9.18 Å². The summed E-state index contributed by atoms with van der Waals surface area (Å²) in [5.74, 6) is -0.574. The van der Waals surface area contributed by atoms with Crippen LogP contribution in [0.2, 0.25) is 0 Å². The van der Waals surface area contributed by atoms with Crippen LogP contribution in [0.4, 0.5) is 4.39 Å². The number of carbonyl (C=O) groups excluding carboxylic acids is 1. The van der Waals surface area contributed by atoms with Crippen molar-refractivity contribution in [3.63, 3.8) is 0 Å². The van der Waals surface area contributed by atoms with Crippen molar-refractivity contribution in [2.24, 2.45) is 5.73 Å². The van der Waals surface area contributed by atoms with Crippen LogP contribution in [0.1, 0.15) is 26.3 Å². The Labute approximate surface area is 94.8 Å². The van der Waals surface area contributed by atoms with E-state index in [1.54, 1.807) is 19.1 Å². The number of nitrogens with one attached hydrogen (secondary N) is 1. The van der Waals surface area contributed by atoms with E-state index in [1.165, 1.54) is 12.1 Å². The van der Waals surface area contributed by atoms with E-state index >= 15 is 0 Å². The topological polar surface area (TPSA) is 55.1 Å². The van der Waals surface area contributed by atoms with Gasteiger partial charge in [0.25, 0.3) is 0 Å². The molecule has 0 heterocycles. The van der Waals surface area contributed by atoms with Crippen molar-refractivity contribution in [1.29, 1.82) is 0 Å². The second-order valence-corrected chi connectivity index (χ2v) is 4.41. The molecule has 1 unspecified atom stereocenters. The van der Waals surface area contributed by atoms with Crippen molar-refractivity contribution in [3.8, 4) is 0 Å². The van der Waals surface area contributed by atoms with Crippen molar-refractivity contribution in [3.05, 3.63) is 35.6 Å². The average molecular weight is 224 g/mol. The maximum absolute atomic E-state index is 13.1. The molecule has 0 aliphatic heterocycles. The summed E-state index contributed by atoms with van der Waals surface area (Å²) in [6, 6.07) is 5.58. The molecule has 0 saturated carbocycles. The quantitative estimate of drug-likeness (QED) is 0.818. The molecule has 0 bridgehead atoms. The summed E-state index contributed by atoms with van der Waals surface area (Å²) in [6.45, 7) is 5.22. The zero-order valence-corrected chi connectivity index (χ0v) is 9.75. The van der Waals surface area contributed by atoms with Gasteiger partial charge in [0, 0.05) is 0 Å². The van der Waals surface area contributed by atoms with E-state index < -0.39 is 11.6 Å². The SMILES string of the molecule is CC(N)C(=O)NC(C)(C)c1cccc(F)c1. The highest BCUT2D eigenvalue weighted by molar-refractivity contribution is 5.81. The van der Waals surface area contributed by atoms with Crippen LogP contribution in [0, 0.1) is 5.82 Å². The maximum Gasteiger partial charge on any atom is 0.237 e. The Morgan fingerprint density at radius 2 is 2.12 bits per heavy atom. The zero-order valence-electron chi connectivity index (χ0n) is 9.75. The highest BCUT2D eigenvalue weighted by Crippen LogP contribution is 2.20. The molecule has 1 aromatic carbocycles. The number of benzene rings is 1. The van der Waals surface area contributed by atoms with Crippen molar-refractivity contribution in [2.45, 2.75) is 32.4 Å². The summed E-state index contributed by atoms with van der Waals surface area (Å²) < 4.78 is 13.1. The molecular weight excluding hydrogens is 207 g/mol. The third-order valence-corrected chi connectivity index (χ3v) is 2.40. The number of halogens is 1.